The first-order valence-electron chi connectivity index (χ1n) is 10.2. The fourth-order valence-electron chi connectivity index (χ4n) is 3.63. The Balaban J connectivity index is 2.13. The number of nitrogens with zero attached hydrogens (tertiary/aromatic N) is 1. The highest BCUT2D eigenvalue weighted by atomic mass is 16.2. The van der Waals surface area contributed by atoms with Gasteiger partial charge >= 0.3 is 0 Å². The Morgan fingerprint density at radius 3 is 2.22 bits per heavy atom. The largest absolute Gasteiger partial charge is 0.404 e. The first-order valence-corrected chi connectivity index (χ1v) is 10.2. The molecule has 0 aromatic heterocycles. The number of amides is 2. The maximum Gasteiger partial charge on any atom is 0.271 e. The lowest BCUT2D eigenvalue weighted by atomic mass is 10.0. The van der Waals surface area contributed by atoms with Crippen LogP contribution in [-0.4, -0.2) is 35.4 Å². The zero-order chi connectivity index (χ0) is 24.1. The SMILES string of the molecule is CC(C=N/C(C(N)=O)=C(\N)Nc1ccc(C(=O)C=CN)cc1)NC1(C(N)=O)CC1C(C)C. The van der Waals surface area contributed by atoms with E-state index in [-0.39, 0.29) is 29.3 Å². The predicted molar refractivity (Wildman–Crippen MR) is 124 cm³/mol. The molecule has 0 spiro atoms. The van der Waals surface area contributed by atoms with Gasteiger partial charge in [0.05, 0.1) is 0 Å². The monoisotopic (exact) mass is 441 g/mol. The lowest BCUT2D eigenvalue weighted by Crippen LogP contribution is -2.50. The van der Waals surface area contributed by atoms with Crippen LogP contribution in [-0.2, 0) is 9.59 Å². The molecule has 10 heteroatoms. The second kappa shape index (κ2) is 10.1. The standard InChI is InChI=1S/C22H31N7O3/c1-12(2)16-10-22(16,21(26)32)29-13(3)11-27-18(20(25)31)19(24)28-15-6-4-14(5-7-15)17(30)8-9-23/h4-9,11-13,16,28-29H,10,23-24H2,1-3H3,(H2,25,31)(H2,26,32)/b9-8?,19-18+,27-11?. The van der Waals surface area contributed by atoms with E-state index in [1.54, 1.807) is 31.2 Å². The van der Waals surface area contributed by atoms with Crippen molar-refractivity contribution < 1.29 is 14.4 Å². The summed E-state index contributed by atoms with van der Waals surface area (Å²) in [5.41, 5.74) is 22.3. The van der Waals surface area contributed by atoms with Crippen LogP contribution in [0, 0.1) is 11.8 Å². The van der Waals surface area contributed by atoms with E-state index in [1.807, 2.05) is 13.8 Å². The van der Waals surface area contributed by atoms with Crippen LogP contribution >= 0.6 is 0 Å². The van der Waals surface area contributed by atoms with E-state index in [0.29, 0.717) is 23.6 Å². The zero-order valence-electron chi connectivity index (χ0n) is 18.5. The third kappa shape index (κ3) is 5.73. The number of rotatable bonds is 11. The summed E-state index contributed by atoms with van der Waals surface area (Å²) in [6, 6.07) is 6.04. The molecule has 3 unspecified atom stereocenters. The van der Waals surface area contributed by atoms with Crippen LogP contribution in [0.4, 0.5) is 5.69 Å². The number of carbonyl (C=O) groups is 3. The molecular weight excluding hydrogens is 410 g/mol. The minimum atomic E-state index is -0.825. The van der Waals surface area contributed by atoms with Gasteiger partial charge in [0.2, 0.25) is 5.91 Å². The molecule has 10 N–H and O–H groups in total. The van der Waals surface area contributed by atoms with Gasteiger partial charge in [-0.3, -0.25) is 24.7 Å². The van der Waals surface area contributed by atoms with Crippen LogP contribution in [0.2, 0.25) is 0 Å². The van der Waals surface area contributed by atoms with Gasteiger partial charge in [-0.1, -0.05) is 13.8 Å². The van der Waals surface area contributed by atoms with Gasteiger partial charge in [0.15, 0.2) is 11.5 Å². The van der Waals surface area contributed by atoms with Gasteiger partial charge in [-0.25, -0.2) is 0 Å². The van der Waals surface area contributed by atoms with Gasteiger partial charge in [-0.15, -0.1) is 0 Å². The molecular formula is C22H31N7O3. The first-order chi connectivity index (χ1) is 15.0. The van der Waals surface area contributed by atoms with Crippen molar-refractivity contribution in [2.24, 2.45) is 39.8 Å². The highest BCUT2D eigenvalue weighted by Crippen LogP contribution is 2.48. The number of anilines is 1. The quantitative estimate of drug-likeness (QED) is 0.162. The van der Waals surface area contributed by atoms with Gasteiger partial charge in [0.1, 0.15) is 11.4 Å². The number of aliphatic imine (C=N–C) groups is 1. The molecule has 1 aromatic carbocycles. The third-order valence-electron chi connectivity index (χ3n) is 5.36. The van der Waals surface area contributed by atoms with Crippen LogP contribution in [0.1, 0.15) is 37.6 Å². The summed E-state index contributed by atoms with van der Waals surface area (Å²) >= 11 is 0. The molecule has 0 saturated heterocycles. The van der Waals surface area contributed by atoms with Crippen molar-refractivity contribution in [3.8, 4) is 0 Å². The number of hydrogen-bond acceptors (Lipinski definition) is 8. The minimum absolute atomic E-state index is 0.0574. The molecule has 1 fully saturated rings. The molecule has 0 aliphatic heterocycles. The number of allylic oxidation sites excluding steroid dienone is 1. The first kappa shape index (κ1) is 24.6. The molecule has 1 aliphatic carbocycles. The van der Waals surface area contributed by atoms with Crippen molar-refractivity contribution in [3.05, 3.63) is 53.6 Å². The summed E-state index contributed by atoms with van der Waals surface area (Å²) in [6.07, 6.45) is 4.52. The van der Waals surface area contributed by atoms with E-state index >= 15 is 0 Å². The molecule has 2 amide bonds. The molecule has 1 aliphatic rings. The number of hydrogen-bond donors (Lipinski definition) is 6. The Bertz CT molecular complexity index is 966. The Morgan fingerprint density at radius 1 is 1.12 bits per heavy atom. The highest BCUT2D eigenvalue weighted by molar-refractivity contribution is 6.04. The van der Waals surface area contributed by atoms with Crippen molar-refractivity contribution in [3.63, 3.8) is 0 Å². The zero-order valence-corrected chi connectivity index (χ0v) is 18.5. The number of benzene rings is 1. The lowest BCUT2D eigenvalue weighted by molar-refractivity contribution is -0.121. The van der Waals surface area contributed by atoms with Gasteiger partial charge in [-0.2, -0.15) is 0 Å². The average molecular weight is 442 g/mol. The molecule has 10 nitrogen and oxygen atoms in total. The van der Waals surface area contributed by atoms with Crippen LogP contribution in [0.25, 0.3) is 0 Å². The Hall–Kier alpha value is -3.66. The number of nitrogens with one attached hydrogen (secondary N) is 2. The van der Waals surface area contributed by atoms with Crippen molar-refractivity contribution >= 4 is 29.5 Å². The normalized spacial score (nSPS) is 22.1. The van der Waals surface area contributed by atoms with Crippen LogP contribution in [0.15, 0.2) is 53.1 Å². The second-order valence-electron chi connectivity index (χ2n) is 8.15. The van der Waals surface area contributed by atoms with E-state index < -0.39 is 17.4 Å². The maximum absolute atomic E-state index is 12.0. The molecule has 0 heterocycles. The molecule has 1 aromatic rings. The molecule has 32 heavy (non-hydrogen) atoms. The van der Waals surface area contributed by atoms with Gasteiger partial charge in [-0.05, 0) is 55.6 Å². The Labute approximate surface area is 187 Å². The van der Waals surface area contributed by atoms with E-state index in [2.05, 4.69) is 15.6 Å². The van der Waals surface area contributed by atoms with E-state index in [1.165, 1.54) is 18.5 Å². The summed E-state index contributed by atoms with van der Waals surface area (Å²) in [5, 5.41) is 6.04. The maximum atomic E-state index is 12.0. The molecule has 0 bridgehead atoms. The van der Waals surface area contributed by atoms with E-state index in [9.17, 15) is 14.4 Å². The molecule has 3 atom stereocenters. The van der Waals surface area contributed by atoms with E-state index in [4.69, 9.17) is 22.9 Å². The second-order valence-corrected chi connectivity index (χ2v) is 8.15. The van der Waals surface area contributed by atoms with Crippen LogP contribution in [0.5, 0.6) is 0 Å². The fourth-order valence-corrected chi connectivity index (χ4v) is 3.63. The van der Waals surface area contributed by atoms with E-state index in [0.717, 1.165) is 0 Å². The average Bonchev–Trinajstić information content (AvgIpc) is 3.44. The van der Waals surface area contributed by atoms with Crippen LogP contribution in [0.3, 0.4) is 0 Å². The molecule has 172 valence electrons. The predicted octanol–water partition coefficient (Wildman–Crippen LogP) is 0.316. The van der Waals surface area contributed by atoms with Gasteiger partial charge in [0, 0.05) is 29.6 Å². The Kier molecular flexibility index (Phi) is 7.77. The van der Waals surface area contributed by atoms with Gasteiger partial charge in [0.25, 0.3) is 5.91 Å². The number of ketones is 1. The van der Waals surface area contributed by atoms with Gasteiger partial charge < -0.3 is 28.3 Å². The summed E-state index contributed by atoms with van der Waals surface area (Å²) in [7, 11) is 0. The number of carbonyl (C=O) groups excluding carboxylic acids is 3. The summed E-state index contributed by atoms with van der Waals surface area (Å²) in [5.74, 6) is -1.09. The Morgan fingerprint density at radius 2 is 1.75 bits per heavy atom. The summed E-state index contributed by atoms with van der Waals surface area (Å²) in [6.45, 7) is 5.86. The summed E-state index contributed by atoms with van der Waals surface area (Å²) < 4.78 is 0. The molecule has 0 radical (unpaired) electrons. The lowest BCUT2D eigenvalue weighted by Gasteiger charge is -2.20. The van der Waals surface area contributed by atoms with Crippen molar-refractivity contribution in [1.82, 2.24) is 5.32 Å². The fraction of sp³-hybridized carbons (Fsp3) is 0.364. The highest BCUT2D eigenvalue weighted by Gasteiger charge is 2.60. The third-order valence-corrected chi connectivity index (χ3v) is 5.36. The van der Waals surface area contributed by atoms with Crippen molar-refractivity contribution in [2.45, 2.75) is 38.8 Å². The van der Waals surface area contributed by atoms with Crippen molar-refractivity contribution in [1.29, 1.82) is 0 Å². The number of nitrogens with two attached hydrogens (primary N) is 4. The number of primary amides is 2. The summed E-state index contributed by atoms with van der Waals surface area (Å²) in [4.78, 5) is 39.8. The van der Waals surface area contributed by atoms with Crippen molar-refractivity contribution in [2.75, 3.05) is 5.32 Å². The smallest absolute Gasteiger partial charge is 0.271 e. The minimum Gasteiger partial charge on any atom is -0.404 e. The molecule has 2 rings (SSSR count). The molecule has 1 saturated carbocycles. The topological polar surface area (TPSA) is 192 Å². The van der Waals surface area contributed by atoms with Crippen LogP contribution < -0.4 is 33.6 Å².